The van der Waals surface area contributed by atoms with Gasteiger partial charge in [-0.3, -0.25) is 4.99 Å². The second-order valence-corrected chi connectivity index (χ2v) is 2.66. The lowest BCUT2D eigenvalue weighted by Crippen LogP contribution is -2.03. The monoisotopic (exact) mass is 169 g/mol. The molecule has 0 heterocycles. The van der Waals surface area contributed by atoms with Crippen LogP contribution >= 0.6 is 0 Å². The highest BCUT2D eigenvalue weighted by molar-refractivity contribution is 5.92. The van der Waals surface area contributed by atoms with Crippen molar-refractivity contribution in [1.29, 1.82) is 0 Å². The Balaban J connectivity index is 4.20. The topological polar surface area (TPSA) is 21.6 Å². The summed E-state index contributed by atoms with van der Waals surface area (Å²) in [4.78, 5) is 4.22. The lowest BCUT2D eigenvalue weighted by molar-refractivity contribution is 0.401. The van der Waals surface area contributed by atoms with Crippen molar-refractivity contribution in [3.63, 3.8) is 0 Å². The normalized spacial score (nSPS) is 13.3. The molecule has 2 nitrogen and oxygen atoms in total. The SMILES string of the molecule is CCC/C=C(\C)C(=NCC)OC. The van der Waals surface area contributed by atoms with Crippen LogP contribution in [0.25, 0.3) is 0 Å². The number of rotatable bonds is 4. The van der Waals surface area contributed by atoms with Crippen LogP contribution in [0.1, 0.15) is 33.6 Å². The predicted octanol–water partition coefficient (Wildman–Crippen LogP) is 2.80. The van der Waals surface area contributed by atoms with E-state index in [-0.39, 0.29) is 0 Å². The van der Waals surface area contributed by atoms with Gasteiger partial charge in [0, 0.05) is 12.1 Å². The average molecular weight is 169 g/mol. The molecule has 70 valence electrons. The molecule has 0 aromatic heterocycles. The third-order valence-electron chi connectivity index (χ3n) is 1.57. The van der Waals surface area contributed by atoms with Gasteiger partial charge in [-0.1, -0.05) is 19.4 Å². The number of aliphatic imine (C=N–C) groups is 1. The number of allylic oxidation sites excluding steroid dienone is 1. The molecule has 0 aliphatic heterocycles. The van der Waals surface area contributed by atoms with Gasteiger partial charge >= 0.3 is 0 Å². The summed E-state index contributed by atoms with van der Waals surface area (Å²) < 4.78 is 5.13. The molecule has 0 rings (SSSR count). The van der Waals surface area contributed by atoms with Crippen molar-refractivity contribution in [1.82, 2.24) is 0 Å². The van der Waals surface area contributed by atoms with Gasteiger partial charge in [0.25, 0.3) is 0 Å². The van der Waals surface area contributed by atoms with Crippen LogP contribution < -0.4 is 0 Å². The second-order valence-electron chi connectivity index (χ2n) is 2.66. The van der Waals surface area contributed by atoms with E-state index in [1.165, 1.54) is 6.42 Å². The van der Waals surface area contributed by atoms with E-state index in [0.29, 0.717) is 0 Å². The van der Waals surface area contributed by atoms with Gasteiger partial charge in [0.05, 0.1) is 7.11 Å². The van der Waals surface area contributed by atoms with E-state index in [1.807, 2.05) is 13.8 Å². The second kappa shape index (κ2) is 6.89. The molecular weight excluding hydrogens is 150 g/mol. The molecule has 12 heavy (non-hydrogen) atoms. The van der Waals surface area contributed by atoms with E-state index in [0.717, 1.165) is 24.4 Å². The maximum absolute atomic E-state index is 5.13. The molecule has 0 fully saturated rings. The summed E-state index contributed by atoms with van der Waals surface area (Å²) >= 11 is 0. The lowest BCUT2D eigenvalue weighted by atomic mass is 10.2. The molecule has 0 saturated heterocycles. The van der Waals surface area contributed by atoms with Gasteiger partial charge in [-0.05, 0) is 20.3 Å². The van der Waals surface area contributed by atoms with Crippen LogP contribution in [0.5, 0.6) is 0 Å². The minimum absolute atomic E-state index is 0.769. The fourth-order valence-electron chi connectivity index (χ4n) is 0.942. The highest BCUT2D eigenvalue weighted by Gasteiger charge is 1.98. The molecule has 0 saturated carbocycles. The maximum Gasteiger partial charge on any atom is 0.210 e. The molecule has 2 heteroatoms. The van der Waals surface area contributed by atoms with Crippen molar-refractivity contribution >= 4 is 5.90 Å². The van der Waals surface area contributed by atoms with Crippen molar-refractivity contribution < 1.29 is 4.74 Å². The van der Waals surface area contributed by atoms with Crippen LogP contribution in [0.15, 0.2) is 16.6 Å². The van der Waals surface area contributed by atoms with Crippen molar-refractivity contribution in [3.05, 3.63) is 11.6 Å². The molecular formula is C10H19NO. The van der Waals surface area contributed by atoms with E-state index >= 15 is 0 Å². The molecule has 0 aliphatic carbocycles. The van der Waals surface area contributed by atoms with E-state index < -0.39 is 0 Å². The predicted molar refractivity (Wildman–Crippen MR) is 53.7 cm³/mol. The Hall–Kier alpha value is -0.790. The first-order valence-electron chi connectivity index (χ1n) is 4.51. The van der Waals surface area contributed by atoms with Crippen LogP contribution in [-0.2, 0) is 4.74 Å². The Morgan fingerprint density at radius 2 is 2.08 bits per heavy atom. The Bertz CT molecular complexity index is 171. The fourth-order valence-corrected chi connectivity index (χ4v) is 0.942. The average Bonchev–Trinajstić information content (AvgIpc) is 2.10. The molecule has 0 unspecified atom stereocenters. The van der Waals surface area contributed by atoms with Gasteiger partial charge in [0.1, 0.15) is 0 Å². The van der Waals surface area contributed by atoms with Crippen molar-refractivity contribution in [2.75, 3.05) is 13.7 Å². The zero-order valence-corrected chi connectivity index (χ0v) is 8.55. The van der Waals surface area contributed by atoms with E-state index in [2.05, 4.69) is 18.0 Å². The summed E-state index contributed by atoms with van der Waals surface area (Å²) in [6.45, 7) is 6.98. The molecule has 0 aliphatic rings. The summed E-state index contributed by atoms with van der Waals surface area (Å²) in [5.74, 6) is 0.769. The first-order chi connectivity index (χ1) is 5.76. The maximum atomic E-state index is 5.13. The third-order valence-corrected chi connectivity index (χ3v) is 1.57. The quantitative estimate of drug-likeness (QED) is 0.468. The molecule has 0 aromatic carbocycles. The number of nitrogens with zero attached hydrogens (tertiary/aromatic N) is 1. The number of ether oxygens (including phenoxy) is 1. The standard InChI is InChI=1S/C10H19NO/c1-5-7-8-9(3)10(12-4)11-6-2/h8H,5-7H2,1-4H3/b9-8+,11-10?. The Kier molecular flexibility index (Phi) is 6.44. The Morgan fingerprint density at radius 3 is 2.50 bits per heavy atom. The molecule has 0 atom stereocenters. The van der Waals surface area contributed by atoms with Crippen LogP contribution in [-0.4, -0.2) is 19.6 Å². The van der Waals surface area contributed by atoms with Gasteiger partial charge in [-0.25, -0.2) is 0 Å². The Labute approximate surface area is 75.3 Å². The highest BCUT2D eigenvalue weighted by atomic mass is 16.5. The first-order valence-corrected chi connectivity index (χ1v) is 4.51. The highest BCUT2D eigenvalue weighted by Crippen LogP contribution is 2.01. The van der Waals surface area contributed by atoms with E-state index in [1.54, 1.807) is 7.11 Å². The number of hydrogen-bond donors (Lipinski definition) is 0. The van der Waals surface area contributed by atoms with Gasteiger partial charge in [0.15, 0.2) is 0 Å². The van der Waals surface area contributed by atoms with Gasteiger partial charge in [0.2, 0.25) is 5.90 Å². The van der Waals surface area contributed by atoms with Crippen LogP contribution in [0.2, 0.25) is 0 Å². The number of unbranched alkanes of at least 4 members (excludes halogenated alkanes) is 1. The van der Waals surface area contributed by atoms with Crippen molar-refractivity contribution in [2.24, 2.45) is 4.99 Å². The Morgan fingerprint density at radius 1 is 1.42 bits per heavy atom. The summed E-state index contributed by atoms with van der Waals surface area (Å²) in [5, 5.41) is 0. The van der Waals surface area contributed by atoms with Crippen LogP contribution in [0.4, 0.5) is 0 Å². The zero-order chi connectivity index (χ0) is 9.40. The summed E-state index contributed by atoms with van der Waals surface area (Å²) in [6.07, 6.45) is 4.43. The van der Waals surface area contributed by atoms with Crippen LogP contribution in [0, 0.1) is 0 Å². The fraction of sp³-hybridized carbons (Fsp3) is 0.700. The molecule has 0 bridgehead atoms. The van der Waals surface area contributed by atoms with Gasteiger partial charge < -0.3 is 4.74 Å². The van der Waals surface area contributed by atoms with Crippen LogP contribution in [0.3, 0.4) is 0 Å². The largest absolute Gasteiger partial charge is 0.481 e. The number of methoxy groups -OCH3 is 1. The third kappa shape index (κ3) is 4.16. The molecule has 0 radical (unpaired) electrons. The number of hydrogen-bond acceptors (Lipinski definition) is 2. The molecule has 0 aromatic rings. The molecule has 0 spiro atoms. The van der Waals surface area contributed by atoms with Gasteiger partial charge in [-0.15, -0.1) is 0 Å². The zero-order valence-electron chi connectivity index (χ0n) is 8.55. The van der Waals surface area contributed by atoms with E-state index in [9.17, 15) is 0 Å². The van der Waals surface area contributed by atoms with Crippen molar-refractivity contribution in [2.45, 2.75) is 33.6 Å². The summed E-state index contributed by atoms with van der Waals surface area (Å²) in [7, 11) is 1.66. The minimum Gasteiger partial charge on any atom is -0.481 e. The summed E-state index contributed by atoms with van der Waals surface area (Å²) in [5.41, 5.74) is 1.14. The summed E-state index contributed by atoms with van der Waals surface area (Å²) in [6, 6.07) is 0. The molecule has 0 N–H and O–H groups in total. The minimum atomic E-state index is 0.769. The first kappa shape index (κ1) is 11.2. The van der Waals surface area contributed by atoms with Gasteiger partial charge in [-0.2, -0.15) is 0 Å². The lowest BCUT2D eigenvalue weighted by Gasteiger charge is -2.03. The smallest absolute Gasteiger partial charge is 0.210 e. The van der Waals surface area contributed by atoms with E-state index in [4.69, 9.17) is 4.74 Å². The molecule has 0 amide bonds. The van der Waals surface area contributed by atoms with Crippen molar-refractivity contribution in [3.8, 4) is 0 Å².